The van der Waals surface area contributed by atoms with Crippen LogP contribution in [0.2, 0.25) is 5.02 Å². The van der Waals surface area contributed by atoms with Gasteiger partial charge in [-0.25, -0.2) is 0 Å². The number of carbonyl (C=O) groups is 1. The molecule has 0 aliphatic heterocycles. The zero-order valence-corrected chi connectivity index (χ0v) is 12.4. The van der Waals surface area contributed by atoms with E-state index in [-0.39, 0.29) is 16.4 Å². The number of Topliss-reactive ketones (excluding diaryl/α,β-unsaturated/α-hetero) is 1. The van der Waals surface area contributed by atoms with Crippen LogP contribution >= 0.6 is 27.5 Å². The molecule has 0 saturated heterocycles. The first-order valence-electron chi connectivity index (χ1n) is 5.82. The predicted molar refractivity (Wildman–Crippen MR) is 73.0 cm³/mol. The van der Waals surface area contributed by atoms with Crippen molar-refractivity contribution in [1.82, 2.24) is 0 Å². The molecule has 0 saturated carbocycles. The van der Waals surface area contributed by atoms with Gasteiger partial charge in [-0.15, -0.1) is 0 Å². The zero-order chi connectivity index (χ0) is 14.5. The number of hydrogen-bond donors (Lipinski definition) is 0. The van der Waals surface area contributed by atoms with Crippen LogP contribution in [0.3, 0.4) is 0 Å². The lowest BCUT2D eigenvalue weighted by Crippen LogP contribution is -2.07. The summed E-state index contributed by atoms with van der Waals surface area (Å²) >= 11 is 9.03. The minimum atomic E-state index is -4.44. The summed E-state index contributed by atoms with van der Waals surface area (Å²) in [5.41, 5.74) is -0.679. The molecule has 0 aliphatic rings. The number of ketones is 1. The third-order valence-corrected chi connectivity index (χ3v) is 3.51. The van der Waals surface area contributed by atoms with E-state index in [0.717, 1.165) is 36.4 Å². The Morgan fingerprint density at radius 2 is 1.89 bits per heavy atom. The Morgan fingerprint density at radius 1 is 1.21 bits per heavy atom. The van der Waals surface area contributed by atoms with E-state index in [9.17, 15) is 18.0 Å². The van der Waals surface area contributed by atoms with Crippen LogP contribution in [0.15, 0.2) is 18.2 Å². The second kappa shape index (κ2) is 7.29. The summed E-state index contributed by atoms with van der Waals surface area (Å²) < 4.78 is 37.3. The van der Waals surface area contributed by atoms with Gasteiger partial charge in [-0.1, -0.05) is 34.0 Å². The van der Waals surface area contributed by atoms with E-state index >= 15 is 0 Å². The molecule has 0 aliphatic carbocycles. The molecule has 6 heteroatoms. The molecule has 1 aromatic rings. The number of benzene rings is 1. The van der Waals surface area contributed by atoms with Crippen molar-refractivity contribution < 1.29 is 18.0 Å². The van der Waals surface area contributed by atoms with Crippen molar-refractivity contribution in [1.29, 1.82) is 0 Å². The highest BCUT2D eigenvalue weighted by atomic mass is 79.9. The fraction of sp³-hybridized carbons (Fsp3) is 0.462. The lowest BCUT2D eigenvalue weighted by molar-refractivity contribution is -0.137. The Bertz CT molecular complexity index is 446. The number of unbranched alkanes of at least 4 members (excludes halogenated alkanes) is 2. The lowest BCUT2D eigenvalue weighted by atomic mass is 10.0. The molecular weight excluding hydrogens is 344 g/mol. The number of rotatable bonds is 6. The van der Waals surface area contributed by atoms with Crippen LogP contribution in [-0.2, 0) is 6.18 Å². The van der Waals surface area contributed by atoms with Gasteiger partial charge in [0.1, 0.15) is 0 Å². The monoisotopic (exact) mass is 356 g/mol. The standard InChI is InChI=1S/C13H13BrClF3O/c14-7-3-1-2-4-12(19)10-6-5-9(8-11(10)15)13(16,17)18/h5-6,8H,1-4,7H2. The first-order chi connectivity index (χ1) is 8.86. The molecule has 0 spiro atoms. The van der Waals surface area contributed by atoms with E-state index in [4.69, 9.17) is 11.6 Å². The summed E-state index contributed by atoms with van der Waals surface area (Å²) in [6.45, 7) is 0. The molecule has 0 atom stereocenters. The van der Waals surface area contributed by atoms with E-state index < -0.39 is 11.7 Å². The fourth-order valence-electron chi connectivity index (χ4n) is 1.61. The molecule has 0 fully saturated rings. The highest BCUT2D eigenvalue weighted by Crippen LogP contribution is 2.32. The maximum Gasteiger partial charge on any atom is 0.416 e. The van der Waals surface area contributed by atoms with Gasteiger partial charge in [0.05, 0.1) is 10.6 Å². The van der Waals surface area contributed by atoms with Crippen molar-refractivity contribution in [2.45, 2.75) is 31.9 Å². The van der Waals surface area contributed by atoms with Gasteiger partial charge in [0, 0.05) is 17.3 Å². The van der Waals surface area contributed by atoms with E-state index in [1.54, 1.807) is 0 Å². The van der Waals surface area contributed by atoms with Gasteiger partial charge in [-0.3, -0.25) is 4.79 Å². The highest BCUT2D eigenvalue weighted by molar-refractivity contribution is 9.09. The van der Waals surface area contributed by atoms with Gasteiger partial charge >= 0.3 is 6.18 Å². The summed E-state index contributed by atoms with van der Waals surface area (Å²) in [5, 5.41) is 0.739. The third-order valence-electron chi connectivity index (χ3n) is 2.63. The molecule has 0 amide bonds. The smallest absolute Gasteiger partial charge is 0.294 e. The van der Waals surface area contributed by atoms with Gasteiger partial charge in [-0.2, -0.15) is 13.2 Å². The second-order valence-corrected chi connectivity index (χ2v) is 5.32. The van der Waals surface area contributed by atoms with Gasteiger partial charge in [-0.05, 0) is 31.0 Å². The quantitative estimate of drug-likeness (QED) is 0.373. The Kier molecular flexibility index (Phi) is 6.33. The Labute approximate surface area is 123 Å². The molecule has 1 rings (SSSR count). The third kappa shape index (κ3) is 5.15. The largest absolute Gasteiger partial charge is 0.416 e. The van der Waals surface area contributed by atoms with Crippen molar-refractivity contribution in [3.8, 4) is 0 Å². The van der Waals surface area contributed by atoms with Gasteiger partial charge in [0.15, 0.2) is 5.78 Å². The normalized spacial score (nSPS) is 11.6. The first-order valence-corrected chi connectivity index (χ1v) is 7.32. The molecule has 0 unspecified atom stereocenters. The van der Waals surface area contributed by atoms with Crippen molar-refractivity contribution in [3.05, 3.63) is 34.3 Å². The topological polar surface area (TPSA) is 17.1 Å². The van der Waals surface area contributed by atoms with Gasteiger partial charge in [0.2, 0.25) is 0 Å². The van der Waals surface area contributed by atoms with Crippen LogP contribution in [0.25, 0.3) is 0 Å². The molecule has 0 heterocycles. The van der Waals surface area contributed by atoms with E-state index in [2.05, 4.69) is 15.9 Å². The van der Waals surface area contributed by atoms with Crippen LogP contribution in [0.1, 0.15) is 41.6 Å². The van der Waals surface area contributed by atoms with Crippen LogP contribution in [0.4, 0.5) is 13.2 Å². The molecule has 0 radical (unpaired) electrons. The minimum Gasteiger partial charge on any atom is -0.294 e. The fourth-order valence-corrected chi connectivity index (χ4v) is 2.29. The molecular formula is C13H13BrClF3O. The van der Waals surface area contributed by atoms with Crippen molar-refractivity contribution in [2.24, 2.45) is 0 Å². The van der Waals surface area contributed by atoms with Crippen LogP contribution in [0, 0.1) is 0 Å². The number of halogens is 5. The summed E-state index contributed by atoms with van der Waals surface area (Å²) in [7, 11) is 0. The second-order valence-electron chi connectivity index (χ2n) is 4.12. The van der Waals surface area contributed by atoms with Crippen LogP contribution < -0.4 is 0 Å². The lowest BCUT2D eigenvalue weighted by Gasteiger charge is -2.09. The minimum absolute atomic E-state index is 0.139. The van der Waals surface area contributed by atoms with Crippen molar-refractivity contribution >= 4 is 33.3 Å². The molecule has 106 valence electrons. The molecule has 19 heavy (non-hydrogen) atoms. The number of alkyl halides is 4. The summed E-state index contributed by atoms with van der Waals surface area (Å²) in [6, 6.07) is 2.84. The van der Waals surface area contributed by atoms with E-state index in [1.807, 2.05) is 0 Å². The SMILES string of the molecule is O=C(CCCCCBr)c1ccc(C(F)(F)F)cc1Cl. The van der Waals surface area contributed by atoms with Crippen molar-refractivity contribution in [2.75, 3.05) is 5.33 Å². The highest BCUT2D eigenvalue weighted by Gasteiger charge is 2.31. The molecule has 0 bridgehead atoms. The zero-order valence-electron chi connectivity index (χ0n) is 10.1. The molecule has 0 N–H and O–H groups in total. The Morgan fingerprint density at radius 3 is 2.42 bits per heavy atom. The number of hydrogen-bond acceptors (Lipinski definition) is 1. The molecule has 1 aromatic carbocycles. The van der Waals surface area contributed by atoms with Crippen molar-refractivity contribution in [3.63, 3.8) is 0 Å². The average molecular weight is 358 g/mol. The number of carbonyl (C=O) groups excluding carboxylic acids is 1. The van der Waals surface area contributed by atoms with E-state index in [0.29, 0.717) is 12.8 Å². The maximum absolute atomic E-state index is 12.4. The average Bonchev–Trinajstić information content (AvgIpc) is 2.33. The van der Waals surface area contributed by atoms with Crippen LogP contribution in [0.5, 0.6) is 0 Å². The molecule has 0 aromatic heterocycles. The van der Waals surface area contributed by atoms with Gasteiger partial charge < -0.3 is 0 Å². The summed E-state index contributed by atoms with van der Waals surface area (Å²) in [5.74, 6) is -0.215. The maximum atomic E-state index is 12.4. The summed E-state index contributed by atoms with van der Waals surface area (Å²) in [4.78, 5) is 11.8. The first kappa shape index (κ1) is 16.5. The molecule has 1 nitrogen and oxygen atoms in total. The Hall–Kier alpha value is -0.550. The Balaban J connectivity index is 2.71. The van der Waals surface area contributed by atoms with Crippen LogP contribution in [-0.4, -0.2) is 11.1 Å². The van der Waals surface area contributed by atoms with Gasteiger partial charge in [0.25, 0.3) is 0 Å². The summed E-state index contributed by atoms with van der Waals surface area (Å²) in [6.07, 6.45) is -1.57. The van der Waals surface area contributed by atoms with E-state index in [1.165, 1.54) is 0 Å². The predicted octanol–water partition coefficient (Wildman–Crippen LogP) is 5.50.